The Morgan fingerprint density at radius 3 is 2.48 bits per heavy atom. The molecule has 4 saturated carbocycles. The minimum atomic E-state index is -4.22. The first-order valence-electron chi connectivity index (χ1n) is 15.7. The Morgan fingerprint density at radius 2 is 1.71 bits per heavy atom. The number of sulfonamides is 1. The smallest absolute Gasteiger partial charge is 0.265 e. The highest BCUT2D eigenvalue weighted by Gasteiger charge is 2.60. The van der Waals surface area contributed by atoms with E-state index in [0.717, 1.165) is 43.4 Å². The zero-order valence-corrected chi connectivity index (χ0v) is 27.3. The summed E-state index contributed by atoms with van der Waals surface area (Å²) >= 11 is 11.9. The van der Waals surface area contributed by atoms with Crippen LogP contribution in [0.5, 0.6) is 0 Å². The van der Waals surface area contributed by atoms with Gasteiger partial charge in [-0.3, -0.25) is 9.59 Å². The average molecular weight is 642 g/mol. The van der Waals surface area contributed by atoms with E-state index < -0.39 is 22.5 Å². The van der Waals surface area contributed by atoms with Crippen molar-refractivity contribution in [2.24, 2.45) is 46.3 Å². The fourth-order valence-electron chi connectivity index (χ4n) is 9.97. The maximum absolute atomic E-state index is 12.6. The molecule has 42 heavy (non-hydrogen) atoms. The lowest BCUT2D eigenvalue weighted by Gasteiger charge is -2.61. The third kappa shape index (κ3) is 5.99. The second-order valence-corrected chi connectivity index (χ2v) is 16.6. The number of benzene rings is 1. The van der Waals surface area contributed by atoms with E-state index in [9.17, 15) is 23.1 Å². The zero-order valence-electron chi connectivity index (χ0n) is 25.0. The number of carbonyl (C=O) groups excluding carboxylic acids is 2. The van der Waals surface area contributed by atoms with Gasteiger partial charge in [-0.15, -0.1) is 0 Å². The first-order valence-corrected chi connectivity index (χ1v) is 17.9. The second kappa shape index (κ2) is 12.2. The Hall–Kier alpha value is -1.35. The van der Waals surface area contributed by atoms with E-state index in [1.54, 1.807) is 0 Å². The third-order valence-corrected chi connectivity index (χ3v) is 14.5. The van der Waals surface area contributed by atoms with Gasteiger partial charge < -0.3 is 10.4 Å². The molecule has 4 aliphatic rings. The van der Waals surface area contributed by atoms with Gasteiger partial charge in [-0.25, -0.2) is 13.1 Å². The van der Waals surface area contributed by atoms with Crippen molar-refractivity contribution in [1.82, 2.24) is 10.0 Å². The topological polar surface area (TPSA) is 113 Å². The van der Waals surface area contributed by atoms with Gasteiger partial charge in [0.15, 0.2) is 0 Å². The molecule has 10 heteroatoms. The van der Waals surface area contributed by atoms with Gasteiger partial charge >= 0.3 is 0 Å². The molecule has 0 aliphatic heterocycles. The monoisotopic (exact) mass is 640 g/mol. The van der Waals surface area contributed by atoms with Crippen LogP contribution in [0.15, 0.2) is 23.1 Å². The summed E-state index contributed by atoms with van der Waals surface area (Å²) in [5.74, 6) is 2.81. The number of nitrogens with one attached hydrogen (secondary N) is 2. The first-order chi connectivity index (χ1) is 19.8. The van der Waals surface area contributed by atoms with Crippen LogP contribution in [0, 0.1) is 46.3 Å². The third-order valence-electron chi connectivity index (χ3n) is 12.1. The average Bonchev–Trinajstić information content (AvgIpc) is 3.29. The maximum atomic E-state index is 12.6. The molecule has 0 saturated heterocycles. The molecule has 9 atom stereocenters. The largest absolute Gasteiger partial charge is 0.393 e. The number of amides is 2. The number of halogens is 2. The Morgan fingerprint density at radius 1 is 1.00 bits per heavy atom. The van der Waals surface area contributed by atoms with Gasteiger partial charge in [-0.05, 0) is 123 Å². The first kappa shape index (κ1) is 32.1. The lowest BCUT2D eigenvalue weighted by atomic mass is 9.44. The molecule has 0 heterocycles. The fraction of sp³-hybridized carbons (Fsp3) is 0.750. The molecule has 0 spiro atoms. The number of rotatable bonds is 8. The highest BCUT2D eigenvalue weighted by atomic mass is 35.5. The number of hydrogen-bond donors (Lipinski definition) is 3. The van der Waals surface area contributed by atoms with Crippen molar-refractivity contribution in [3.05, 3.63) is 28.2 Å². The fourth-order valence-corrected chi connectivity index (χ4v) is 11.7. The maximum Gasteiger partial charge on any atom is 0.265 e. The van der Waals surface area contributed by atoms with Gasteiger partial charge in [0, 0.05) is 6.42 Å². The molecule has 1 aromatic carbocycles. The molecule has 1 aromatic rings. The van der Waals surface area contributed by atoms with E-state index in [1.165, 1.54) is 56.7 Å². The number of hydrogen-bond acceptors (Lipinski definition) is 5. The zero-order chi connectivity index (χ0) is 30.4. The Bertz CT molecular complexity index is 1310. The second-order valence-electron chi connectivity index (χ2n) is 14.2. The highest BCUT2D eigenvalue weighted by molar-refractivity contribution is 7.90. The van der Waals surface area contributed by atoms with Crippen molar-refractivity contribution in [3.8, 4) is 0 Å². The number of aliphatic hydroxyl groups excluding tert-OH is 1. The summed E-state index contributed by atoms with van der Waals surface area (Å²) in [7, 11) is -4.22. The molecule has 4 unspecified atom stereocenters. The van der Waals surface area contributed by atoms with Crippen LogP contribution in [-0.4, -0.2) is 38.0 Å². The molecule has 0 aromatic heterocycles. The van der Waals surface area contributed by atoms with Crippen LogP contribution in [0.2, 0.25) is 10.0 Å². The summed E-state index contributed by atoms with van der Waals surface area (Å²) in [5, 5.41) is 12.8. The van der Waals surface area contributed by atoms with Crippen molar-refractivity contribution < 1.29 is 23.1 Å². The minimum absolute atomic E-state index is 0.0662. The predicted molar refractivity (Wildman–Crippen MR) is 164 cm³/mol. The molecule has 4 fully saturated rings. The van der Waals surface area contributed by atoms with Gasteiger partial charge in [0.1, 0.15) is 4.90 Å². The van der Waals surface area contributed by atoms with Crippen molar-refractivity contribution in [1.29, 1.82) is 0 Å². The SMILES string of the molecule is C[C@H](CCC(=O)NCC(=O)NS(=O)(=O)c1cccc(Cl)c1Cl)[C@H]1CCC2C3CCC4C[C@H](O)CC[C@]4(C)C3CC[C@@]21C. The Balaban J connectivity index is 1.12. The molecule has 0 bridgehead atoms. The summed E-state index contributed by atoms with van der Waals surface area (Å²) in [4.78, 5) is 24.7. The van der Waals surface area contributed by atoms with Crippen LogP contribution in [0.1, 0.15) is 91.4 Å². The van der Waals surface area contributed by atoms with Gasteiger partial charge in [-0.1, -0.05) is 50.0 Å². The van der Waals surface area contributed by atoms with Crippen LogP contribution in [0.4, 0.5) is 0 Å². The van der Waals surface area contributed by atoms with Crippen LogP contribution in [0.25, 0.3) is 0 Å². The molecular formula is C32H46Cl2N2O5S. The molecule has 234 valence electrons. The van der Waals surface area contributed by atoms with Gasteiger partial charge in [0.25, 0.3) is 15.9 Å². The normalized spacial score (nSPS) is 36.7. The summed E-state index contributed by atoms with van der Waals surface area (Å²) in [6.45, 7) is 6.87. The highest BCUT2D eigenvalue weighted by Crippen LogP contribution is 2.68. The van der Waals surface area contributed by atoms with Gasteiger partial charge in [-0.2, -0.15) is 0 Å². The van der Waals surface area contributed by atoms with E-state index in [4.69, 9.17) is 23.2 Å². The van der Waals surface area contributed by atoms with Crippen molar-refractivity contribution >= 4 is 45.0 Å². The van der Waals surface area contributed by atoms with Crippen LogP contribution < -0.4 is 10.0 Å². The molecule has 0 radical (unpaired) electrons. The molecule has 4 aliphatic carbocycles. The van der Waals surface area contributed by atoms with Crippen LogP contribution >= 0.6 is 23.2 Å². The Labute approximate surface area is 260 Å². The minimum Gasteiger partial charge on any atom is -0.393 e. The van der Waals surface area contributed by atoms with E-state index in [1.807, 2.05) is 4.72 Å². The van der Waals surface area contributed by atoms with Crippen molar-refractivity contribution in [3.63, 3.8) is 0 Å². The lowest BCUT2D eigenvalue weighted by Crippen LogP contribution is -2.54. The lowest BCUT2D eigenvalue weighted by molar-refractivity contribution is -0.130. The number of fused-ring (bicyclic) bond motifs is 5. The van der Waals surface area contributed by atoms with E-state index in [0.29, 0.717) is 35.0 Å². The summed E-state index contributed by atoms with van der Waals surface area (Å²) < 4.78 is 27.1. The summed E-state index contributed by atoms with van der Waals surface area (Å²) in [6.07, 6.45) is 11.6. The van der Waals surface area contributed by atoms with Crippen LogP contribution in [0.3, 0.4) is 0 Å². The van der Waals surface area contributed by atoms with E-state index in [-0.39, 0.29) is 27.0 Å². The molecule has 5 rings (SSSR count). The van der Waals surface area contributed by atoms with Gasteiger partial charge in [0.05, 0.1) is 22.7 Å². The molecule has 3 N–H and O–H groups in total. The molecule has 7 nitrogen and oxygen atoms in total. The quantitative estimate of drug-likeness (QED) is 0.306. The predicted octanol–water partition coefficient (Wildman–Crippen LogP) is 6.35. The van der Waals surface area contributed by atoms with E-state index >= 15 is 0 Å². The van der Waals surface area contributed by atoms with Crippen molar-refractivity contribution in [2.45, 2.75) is 102 Å². The number of aliphatic hydroxyl groups is 1. The van der Waals surface area contributed by atoms with E-state index in [2.05, 4.69) is 26.1 Å². The Kier molecular flexibility index (Phi) is 9.32. The number of carbonyl (C=O) groups is 2. The van der Waals surface area contributed by atoms with Crippen LogP contribution in [-0.2, 0) is 19.6 Å². The molecule has 2 amide bonds. The summed E-state index contributed by atoms with van der Waals surface area (Å²) in [6, 6.07) is 4.15. The summed E-state index contributed by atoms with van der Waals surface area (Å²) in [5.41, 5.74) is 0.668. The van der Waals surface area contributed by atoms with Gasteiger partial charge in [0.2, 0.25) is 5.91 Å². The van der Waals surface area contributed by atoms with Crippen molar-refractivity contribution in [2.75, 3.05) is 6.54 Å². The molecular weight excluding hydrogens is 595 g/mol. The standard InChI is InChI=1S/C32H46Cl2N2O5S/c1-19(7-12-28(38)35-18-29(39)36-42(40,41)27-6-4-5-26(33)30(27)34)23-10-11-24-22-9-8-20-17-21(37)13-15-31(20,2)25(22)14-16-32(23,24)3/h4-6,19-25,37H,7-18H2,1-3H3,(H,35,38)(H,36,39)/t19-,20?,21-,22?,23-,24?,25?,31+,32-/m1/s1.